The number of halogens is 1. The summed E-state index contributed by atoms with van der Waals surface area (Å²) >= 11 is 0. The Bertz CT molecular complexity index is 697. The van der Waals surface area contributed by atoms with E-state index in [1.165, 1.54) is 16.3 Å². The van der Waals surface area contributed by atoms with Gasteiger partial charge in [-0.05, 0) is 29.7 Å². The highest BCUT2D eigenvalue weighted by Gasteiger charge is 1.87. The quantitative estimate of drug-likeness (QED) is 0.492. The van der Waals surface area contributed by atoms with Gasteiger partial charge in [0.2, 0.25) is 0 Å². The van der Waals surface area contributed by atoms with Gasteiger partial charge >= 0.3 is 0 Å². The molecule has 3 heteroatoms. The Hall–Kier alpha value is -2.32. The third-order valence-corrected chi connectivity index (χ3v) is 2.97. The molecule has 0 atom stereocenters. The van der Waals surface area contributed by atoms with Gasteiger partial charge in [0.25, 0.3) is 0 Å². The van der Waals surface area contributed by atoms with Crippen molar-refractivity contribution < 1.29 is 0 Å². The molecule has 2 aromatic heterocycles. The maximum absolute atomic E-state index is 4.18. The van der Waals surface area contributed by atoms with Crippen LogP contribution in [0, 0.1) is 0 Å². The van der Waals surface area contributed by atoms with Crippen LogP contribution in [0.5, 0.6) is 0 Å². The van der Waals surface area contributed by atoms with Crippen LogP contribution in [0.2, 0.25) is 0 Å². The topological polar surface area (TPSA) is 28.7 Å². The Balaban J connectivity index is 0.000000141. The first-order valence-electron chi connectivity index (χ1n) is 6.25. The first-order valence-corrected chi connectivity index (χ1v) is 6.25. The van der Waals surface area contributed by atoms with E-state index in [1.807, 2.05) is 48.8 Å². The number of rotatable bonds is 0. The largest absolute Gasteiger partial charge is 0.361 e. The highest BCUT2D eigenvalue weighted by atomic mass is 35.5. The third kappa shape index (κ3) is 3.16. The fourth-order valence-corrected chi connectivity index (χ4v) is 2.01. The van der Waals surface area contributed by atoms with Crippen LogP contribution < -0.4 is 0 Å². The highest BCUT2D eigenvalue weighted by Crippen LogP contribution is 2.09. The number of fused-ring (bicyclic) bond motifs is 2. The van der Waals surface area contributed by atoms with Crippen molar-refractivity contribution in [2.24, 2.45) is 0 Å². The van der Waals surface area contributed by atoms with Gasteiger partial charge in [-0.25, -0.2) is 0 Å². The molecular formula is C17H15ClN2. The van der Waals surface area contributed by atoms with Crippen LogP contribution in [0.1, 0.15) is 0 Å². The van der Waals surface area contributed by atoms with E-state index in [0.29, 0.717) is 0 Å². The first kappa shape index (κ1) is 14.1. The Morgan fingerprint density at radius 3 is 2.20 bits per heavy atom. The standard InChI is InChI=1S/C9H7N.C8H7N.ClH/c1-2-6-9-8(4-1)5-3-7-10-9;1-2-4-8-7(3-1)5-6-9-8;/h1-7H;1-6,9H;1H. The van der Waals surface area contributed by atoms with Crippen LogP contribution in [0.3, 0.4) is 0 Å². The second kappa shape index (κ2) is 6.73. The van der Waals surface area contributed by atoms with Crippen molar-refractivity contribution in [2.45, 2.75) is 0 Å². The molecule has 0 aliphatic heterocycles. The van der Waals surface area contributed by atoms with E-state index in [9.17, 15) is 0 Å². The molecule has 4 aromatic rings. The molecule has 20 heavy (non-hydrogen) atoms. The zero-order valence-electron chi connectivity index (χ0n) is 10.9. The molecule has 100 valence electrons. The van der Waals surface area contributed by atoms with E-state index in [4.69, 9.17) is 0 Å². The van der Waals surface area contributed by atoms with Gasteiger partial charge in [0.15, 0.2) is 0 Å². The second-order valence-electron chi connectivity index (χ2n) is 4.26. The van der Waals surface area contributed by atoms with E-state index in [1.54, 1.807) is 0 Å². The molecule has 0 radical (unpaired) electrons. The van der Waals surface area contributed by atoms with Crippen molar-refractivity contribution in [3.05, 3.63) is 79.1 Å². The predicted octanol–water partition coefficient (Wildman–Crippen LogP) is 4.82. The number of aromatic amines is 1. The van der Waals surface area contributed by atoms with Gasteiger partial charge in [0.1, 0.15) is 0 Å². The van der Waals surface area contributed by atoms with E-state index in [-0.39, 0.29) is 12.4 Å². The van der Waals surface area contributed by atoms with Crippen LogP contribution in [0.25, 0.3) is 21.8 Å². The first-order chi connectivity index (χ1) is 9.43. The smallest absolute Gasteiger partial charge is 0.0701 e. The normalized spacial score (nSPS) is 9.60. The van der Waals surface area contributed by atoms with Crippen molar-refractivity contribution in [1.82, 2.24) is 9.97 Å². The van der Waals surface area contributed by atoms with Gasteiger partial charge in [0, 0.05) is 23.3 Å². The molecule has 0 bridgehead atoms. The predicted molar refractivity (Wildman–Crippen MR) is 87.3 cm³/mol. The molecule has 0 saturated heterocycles. The van der Waals surface area contributed by atoms with Gasteiger partial charge in [-0.1, -0.05) is 42.5 Å². The SMILES string of the molecule is Cl.c1ccc2[nH]ccc2c1.c1ccc2ncccc2c1. The van der Waals surface area contributed by atoms with E-state index < -0.39 is 0 Å². The lowest BCUT2D eigenvalue weighted by Crippen LogP contribution is -1.73. The summed E-state index contributed by atoms with van der Waals surface area (Å²) in [7, 11) is 0. The number of pyridine rings is 1. The zero-order valence-corrected chi connectivity index (χ0v) is 11.7. The molecule has 4 rings (SSSR count). The minimum Gasteiger partial charge on any atom is -0.361 e. The average molecular weight is 283 g/mol. The van der Waals surface area contributed by atoms with E-state index >= 15 is 0 Å². The average Bonchev–Trinajstić information content (AvgIpc) is 2.96. The van der Waals surface area contributed by atoms with Crippen LogP contribution in [-0.2, 0) is 0 Å². The fraction of sp³-hybridized carbons (Fsp3) is 0. The van der Waals surface area contributed by atoms with Crippen LogP contribution >= 0.6 is 12.4 Å². The van der Waals surface area contributed by atoms with E-state index in [0.717, 1.165) is 5.52 Å². The molecule has 0 spiro atoms. The van der Waals surface area contributed by atoms with Gasteiger partial charge in [-0.2, -0.15) is 0 Å². The number of nitrogens with one attached hydrogen (secondary N) is 1. The summed E-state index contributed by atoms with van der Waals surface area (Å²) in [5.74, 6) is 0. The molecule has 2 aromatic carbocycles. The minimum absolute atomic E-state index is 0. The van der Waals surface area contributed by atoms with Gasteiger partial charge in [0.05, 0.1) is 5.52 Å². The number of hydrogen-bond donors (Lipinski definition) is 1. The maximum Gasteiger partial charge on any atom is 0.0701 e. The van der Waals surface area contributed by atoms with Crippen molar-refractivity contribution in [1.29, 1.82) is 0 Å². The minimum atomic E-state index is 0. The lowest BCUT2D eigenvalue weighted by atomic mass is 10.2. The Labute approximate surface area is 123 Å². The molecule has 0 aliphatic rings. The summed E-state index contributed by atoms with van der Waals surface area (Å²) in [5, 5.41) is 2.47. The molecule has 2 nitrogen and oxygen atoms in total. The van der Waals surface area contributed by atoms with Crippen LogP contribution in [0.4, 0.5) is 0 Å². The number of aromatic nitrogens is 2. The Morgan fingerprint density at radius 2 is 1.40 bits per heavy atom. The zero-order chi connectivity index (χ0) is 12.9. The van der Waals surface area contributed by atoms with E-state index in [2.05, 4.69) is 40.3 Å². The van der Waals surface area contributed by atoms with Crippen molar-refractivity contribution >= 4 is 34.2 Å². The molecule has 0 amide bonds. The maximum atomic E-state index is 4.18. The molecule has 0 fully saturated rings. The Kier molecular flexibility index (Phi) is 4.75. The summed E-state index contributed by atoms with van der Waals surface area (Å²) in [4.78, 5) is 7.30. The number of para-hydroxylation sites is 2. The number of H-pyrrole nitrogens is 1. The van der Waals surface area contributed by atoms with Gasteiger partial charge in [-0.3, -0.25) is 4.98 Å². The van der Waals surface area contributed by atoms with Crippen molar-refractivity contribution in [3.63, 3.8) is 0 Å². The molecular weight excluding hydrogens is 268 g/mol. The van der Waals surface area contributed by atoms with Crippen molar-refractivity contribution in [2.75, 3.05) is 0 Å². The summed E-state index contributed by atoms with van der Waals surface area (Å²) in [6, 6.07) is 22.4. The lowest BCUT2D eigenvalue weighted by molar-refractivity contribution is 1.41. The lowest BCUT2D eigenvalue weighted by Gasteiger charge is -1.91. The van der Waals surface area contributed by atoms with Crippen LogP contribution in [-0.4, -0.2) is 9.97 Å². The summed E-state index contributed by atoms with van der Waals surface area (Å²) < 4.78 is 0. The Morgan fingerprint density at radius 1 is 0.700 bits per heavy atom. The molecule has 2 heterocycles. The fourth-order valence-electron chi connectivity index (χ4n) is 2.01. The summed E-state index contributed by atoms with van der Waals surface area (Å²) in [6.45, 7) is 0. The highest BCUT2D eigenvalue weighted by molar-refractivity contribution is 5.85. The molecule has 0 aliphatic carbocycles. The summed E-state index contributed by atoms with van der Waals surface area (Å²) in [6.07, 6.45) is 3.76. The number of nitrogens with zero attached hydrogens (tertiary/aromatic N) is 1. The van der Waals surface area contributed by atoms with Gasteiger partial charge < -0.3 is 4.98 Å². The molecule has 1 N–H and O–H groups in total. The number of benzene rings is 2. The van der Waals surface area contributed by atoms with Crippen molar-refractivity contribution in [3.8, 4) is 0 Å². The molecule has 0 saturated carbocycles. The molecule has 0 unspecified atom stereocenters. The monoisotopic (exact) mass is 282 g/mol. The van der Waals surface area contributed by atoms with Gasteiger partial charge in [-0.15, -0.1) is 12.4 Å². The van der Waals surface area contributed by atoms with Crippen LogP contribution in [0.15, 0.2) is 79.1 Å². The number of hydrogen-bond acceptors (Lipinski definition) is 1. The second-order valence-corrected chi connectivity index (χ2v) is 4.26. The third-order valence-electron chi connectivity index (χ3n) is 2.97. The summed E-state index contributed by atoms with van der Waals surface area (Å²) in [5.41, 5.74) is 2.27.